The molecule has 32 heavy (non-hydrogen) atoms. The van der Waals surface area contributed by atoms with E-state index in [0.29, 0.717) is 22.3 Å². The Morgan fingerprint density at radius 3 is 2.59 bits per heavy atom. The Hall–Kier alpha value is -4.14. The van der Waals surface area contributed by atoms with Gasteiger partial charge >= 0.3 is 5.97 Å². The molecule has 0 fully saturated rings. The fourth-order valence-electron chi connectivity index (χ4n) is 3.76. The average Bonchev–Trinajstić information content (AvgIpc) is 3.31. The standard InChI is InChI=1S/C23H21N3O6/c1-11(2)19(27)17-18(12-5-4-6-14(9-12)32-3)26(21(29)20(17)28)23-24-15-8-7-13(22(30)31)10-16(15)25-23/h4-11,18,28H,1-3H3,(H,24,25)(H,30,31). The summed E-state index contributed by atoms with van der Waals surface area (Å²) in [6.07, 6.45) is 0. The van der Waals surface area contributed by atoms with Crippen LogP contribution in [0.25, 0.3) is 11.0 Å². The molecule has 4 rings (SSSR count). The summed E-state index contributed by atoms with van der Waals surface area (Å²) in [5.41, 5.74) is 1.43. The Morgan fingerprint density at radius 1 is 1.19 bits per heavy atom. The molecule has 9 heteroatoms. The van der Waals surface area contributed by atoms with Crippen LogP contribution in [0.15, 0.2) is 53.8 Å². The number of nitrogens with one attached hydrogen (secondary N) is 1. The number of amides is 1. The molecule has 1 aliphatic heterocycles. The van der Waals surface area contributed by atoms with Crippen LogP contribution in [0.2, 0.25) is 0 Å². The number of aliphatic hydroxyl groups excluding tert-OH is 1. The number of aromatic nitrogens is 2. The molecule has 1 amide bonds. The molecule has 1 atom stereocenters. The summed E-state index contributed by atoms with van der Waals surface area (Å²) in [7, 11) is 1.50. The number of aromatic carboxylic acids is 1. The molecule has 164 valence electrons. The van der Waals surface area contributed by atoms with Gasteiger partial charge < -0.3 is 19.9 Å². The Labute approximate surface area is 182 Å². The number of anilines is 1. The van der Waals surface area contributed by atoms with E-state index < -0.39 is 29.6 Å². The molecule has 9 nitrogen and oxygen atoms in total. The highest BCUT2D eigenvalue weighted by atomic mass is 16.5. The molecule has 2 aromatic carbocycles. The number of imidazole rings is 1. The summed E-state index contributed by atoms with van der Waals surface area (Å²) in [4.78, 5) is 46.0. The van der Waals surface area contributed by atoms with Crippen LogP contribution in [0, 0.1) is 5.92 Å². The highest BCUT2D eigenvalue weighted by Gasteiger charge is 2.46. The van der Waals surface area contributed by atoms with Crippen LogP contribution in [0.5, 0.6) is 5.75 Å². The van der Waals surface area contributed by atoms with Gasteiger partial charge in [-0.1, -0.05) is 26.0 Å². The van der Waals surface area contributed by atoms with E-state index in [-0.39, 0.29) is 22.9 Å². The van der Waals surface area contributed by atoms with Gasteiger partial charge in [-0.05, 0) is 35.9 Å². The van der Waals surface area contributed by atoms with E-state index in [1.165, 1.54) is 30.2 Å². The lowest BCUT2D eigenvalue weighted by atomic mass is 9.91. The van der Waals surface area contributed by atoms with Crippen LogP contribution in [-0.2, 0) is 9.59 Å². The van der Waals surface area contributed by atoms with E-state index in [2.05, 4.69) is 9.97 Å². The summed E-state index contributed by atoms with van der Waals surface area (Å²) < 4.78 is 5.29. The molecule has 0 bridgehead atoms. The molecule has 0 aliphatic carbocycles. The number of benzene rings is 2. The second-order valence-corrected chi connectivity index (χ2v) is 7.73. The lowest BCUT2D eigenvalue weighted by Gasteiger charge is -2.25. The summed E-state index contributed by atoms with van der Waals surface area (Å²) in [6.45, 7) is 3.38. The molecule has 1 aromatic heterocycles. The molecular formula is C23H21N3O6. The van der Waals surface area contributed by atoms with Crippen molar-refractivity contribution in [2.45, 2.75) is 19.9 Å². The van der Waals surface area contributed by atoms with E-state index in [1.54, 1.807) is 38.1 Å². The lowest BCUT2D eigenvalue weighted by molar-refractivity contribution is -0.119. The van der Waals surface area contributed by atoms with E-state index in [9.17, 15) is 24.6 Å². The largest absolute Gasteiger partial charge is 0.503 e. The number of hydrogen-bond acceptors (Lipinski definition) is 6. The van der Waals surface area contributed by atoms with Gasteiger partial charge in [0.15, 0.2) is 11.5 Å². The maximum Gasteiger partial charge on any atom is 0.335 e. The number of H-pyrrole nitrogens is 1. The topological polar surface area (TPSA) is 133 Å². The third-order valence-electron chi connectivity index (χ3n) is 5.35. The van der Waals surface area contributed by atoms with Crippen molar-refractivity contribution in [2.24, 2.45) is 5.92 Å². The summed E-state index contributed by atoms with van der Waals surface area (Å²) in [5.74, 6) is -2.73. The zero-order valence-corrected chi connectivity index (χ0v) is 17.6. The number of hydrogen-bond donors (Lipinski definition) is 3. The smallest absolute Gasteiger partial charge is 0.335 e. The first-order chi connectivity index (χ1) is 15.2. The number of Topliss-reactive ketones (excluding diaryl/α,β-unsaturated/α-hetero) is 1. The molecule has 0 saturated carbocycles. The van der Waals surface area contributed by atoms with Gasteiger partial charge in [-0.3, -0.25) is 14.5 Å². The summed E-state index contributed by atoms with van der Waals surface area (Å²) in [6, 6.07) is 10.3. The van der Waals surface area contributed by atoms with Gasteiger partial charge in [0.1, 0.15) is 5.75 Å². The second kappa shape index (κ2) is 7.84. The van der Waals surface area contributed by atoms with Crippen LogP contribution < -0.4 is 9.64 Å². The highest BCUT2D eigenvalue weighted by Crippen LogP contribution is 2.42. The number of methoxy groups -OCH3 is 1. The number of ether oxygens (including phenoxy) is 1. The van der Waals surface area contributed by atoms with Gasteiger partial charge in [0.2, 0.25) is 5.95 Å². The molecule has 1 unspecified atom stereocenters. The fraction of sp³-hybridized carbons (Fsp3) is 0.217. The van der Waals surface area contributed by atoms with Crippen molar-refractivity contribution in [2.75, 3.05) is 12.0 Å². The highest BCUT2D eigenvalue weighted by molar-refractivity contribution is 6.16. The summed E-state index contributed by atoms with van der Waals surface area (Å²) in [5, 5.41) is 19.9. The predicted molar refractivity (Wildman–Crippen MR) is 116 cm³/mol. The Morgan fingerprint density at radius 2 is 1.94 bits per heavy atom. The predicted octanol–water partition coefficient (Wildman–Crippen LogP) is 3.39. The van der Waals surface area contributed by atoms with Crippen LogP contribution in [-0.4, -0.2) is 45.0 Å². The van der Waals surface area contributed by atoms with E-state index >= 15 is 0 Å². The van der Waals surface area contributed by atoms with Crippen LogP contribution in [0.1, 0.15) is 35.8 Å². The number of nitrogens with zero attached hydrogens (tertiary/aromatic N) is 2. The number of carbonyl (C=O) groups is 3. The molecule has 0 radical (unpaired) electrons. The van der Waals surface area contributed by atoms with Gasteiger partial charge in [-0.15, -0.1) is 0 Å². The normalized spacial score (nSPS) is 16.3. The lowest BCUT2D eigenvalue weighted by Crippen LogP contribution is -2.32. The van der Waals surface area contributed by atoms with Crippen LogP contribution in [0.3, 0.4) is 0 Å². The maximum absolute atomic E-state index is 13.1. The molecule has 1 aliphatic rings. The molecule has 0 saturated heterocycles. The quantitative estimate of drug-likeness (QED) is 0.540. The number of fused-ring (bicyclic) bond motifs is 1. The minimum atomic E-state index is -1.10. The number of carboxylic acids is 1. The van der Waals surface area contributed by atoms with Crippen molar-refractivity contribution in [3.05, 3.63) is 64.9 Å². The molecule has 2 heterocycles. The van der Waals surface area contributed by atoms with Crippen LogP contribution in [0.4, 0.5) is 5.95 Å². The maximum atomic E-state index is 13.1. The number of rotatable bonds is 6. The third-order valence-corrected chi connectivity index (χ3v) is 5.35. The summed E-state index contributed by atoms with van der Waals surface area (Å²) >= 11 is 0. The molecule has 0 spiro atoms. The zero-order chi connectivity index (χ0) is 23.2. The van der Waals surface area contributed by atoms with Crippen molar-refractivity contribution >= 4 is 34.6 Å². The average molecular weight is 435 g/mol. The van der Waals surface area contributed by atoms with Gasteiger partial charge in [0.25, 0.3) is 5.91 Å². The first-order valence-corrected chi connectivity index (χ1v) is 9.90. The van der Waals surface area contributed by atoms with Gasteiger partial charge in [0, 0.05) is 5.92 Å². The van der Waals surface area contributed by atoms with Crippen molar-refractivity contribution in [1.82, 2.24) is 9.97 Å². The molecular weight excluding hydrogens is 414 g/mol. The number of aliphatic hydroxyl groups is 1. The van der Waals surface area contributed by atoms with E-state index in [4.69, 9.17) is 4.74 Å². The molecule has 3 aromatic rings. The number of aromatic amines is 1. The Bertz CT molecular complexity index is 1290. The monoisotopic (exact) mass is 435 g/mol. The minimum Gasteiger partial charge on any atom is -0.503 e. The fourth-order valence-corrected chi connectivity index (χ4v) is 3.76. The van der Waals surface area contributed by atoms with Crippen molar-refractivity contribution in [3.8, 4) is 5.75 Å². The second-order valence-electron chi connectivity index (χ2n) is 7.73. The molecule has 3 N–H and O–H groups in total. The number of carboxylic acid groups (broad SMARTS) is 1. The SMILES string of the molecule is COc1cccc(C2C(C(=O)C(C)C)=C(O)C(=O)N2c2nc3ccc(C(=O)O)cc3[nH]2)c1. The van der Waals surface area contributed by atoms with Gasteiger partial charge in [0.05, 0.1) is 35.3 Å². The first-order valence-electron chi connectivity index (χ1n) is 9.90. The van der Waals surface area contributed by atoms with Crippen molar-refractivity contribution < 1.29 is 29.3 Å². The Kier molecular flexibility index (Phi) is 5.17. The Balaban J connectivity index is 1.89. The van der Waals surface area contributed by atoms with Crippen LogP contribution >= 0.6 is 0 Å². The number of ketones is 1. The van der Waals surface area contributed by atoms with Gasteiger partial charge in [-0.25, -0.2) is 9.78 Å². The van der Waals surface area contributed by atoms with E-state index in [1.807, 2.05) is 0 Å². The number of carbonyl (C=O) groups excluding carboxylic acids is 2. The van der Waals surface area contributed by atoms with Crippen molar-refractivity contribution in [1.29, 1.82) is 0 Å². The first kappa shape index (κ1) is 21.1. The van der Waals surface area contributed by atoms with Crippen molar-refractivity contribution in [3.63, 3.8) is 0 Å². The zero-order valence-electron chi connectivity index (χ0n) is 17.6. The minimum absolute atomic E-state index is 0.0232. The van der Waals surface area contributed by atoms with E-state index in [0.717, 1.165) is 0 Å². The van der Waals surface area contributed by atoms with Gasteiger partial charge in [-0.2, -0.15) is 0 Å². The third kappa shape index (κ3) is 3.37.